The van der Waals surface area contributed by atoms with E-state index in [-0.39, 0.29) is 0 Å². The first kappa shape index (κ1) is 13.1. The maximum absolute atomic E-state index is 9.54. The summed E-state index contributed by atoms with van der Waals surface area (Å²) in [7, 11) is 0. The first-order valence-corrected chi connectivity index (χ1v) is 6.28. The van der Waals surface area contributed by atoms with Gasteiger partial charge in [-0.15, -0.1) is 0 Å². The molecule has 1 nitrogen and oxygen atoms in total. The first-order valence-electron chi connectivity index (χ1n) is 6.28. The van der Waals surface area contributed by atoms with Crippen LogP contribution in [0, 0.1) is 11.8 Å². The number of benzene rings is 2. The van der Waals surface area contributed by atoms with Crippen molar-refractivity contribution in [2.45, 2.75) is 13.0 Å². The van der Waals surface area contributed by atoms with Crippen molar-refractivity contribution in [2.24, 2.45) is 0 Å². The molecule has 0 aliphatic carbocycles. The highest BCUT2D eigenvalue weighted by atomic mass is 16.3. The quantitative estimate of drug-likeness (QED) is 0.806. The summed E-state index contributed by atoms with van der Waals surface area (Å²) in [6.07, 6.45) is 1.26. The molecular weight excluding hydrogens is 232 g/mol. The number of aliphatic hydroxyl groups excluding tert-OH is 1. The van der Waals surface area contributed by atoms with Crippen molar-refractivity contribution >= 4 is 5.57 Å². The molecule has 19 heavy (non-hydrogen) atoms. The van der Waals surface area contributed by atoms with Gasteiger partial charge in [0.15, 0.2) is 0 Å². The summed E-state index contributed by atoms with van der Waals surface area (Å²) < 4.78 is 0. The fourth-order valence-corrected chi connectivity index (χ4v) is 1.73. The van der Waals surface area contributed by atoms with Gasteiger partial charge in [-0.3, -0.25) is 0 Å². The standard InChI is InChI=1S/C18H16O/c1-15(19)14-18(17-10-6-3-7-11-17)13-12-16-8-4-2-5-9-16/h2-11,14-15,19H,1H3/b18-14+. The van der Waals surface area contributed by atoms with E-state index in [0.29, 0.717) is 0 Å². The van der Waals surface area contributed by atoms with Gasteiger partial charge < -0.3 is 5.11 Å². The highest BCUT2D eigenvalue weighted by molar-refractivity contribution is 5.79. The normalized spacial score (nSPS) is 12.4. The lowest BCUT2D eigenvalue weighted by molar-refractivity contribution is 0.245. The van der Waals surface area contributed by atoms with Crippen LogP contribution >= 0.6 is 0 Å². The third-order valence-electron chi connectivity index (χ3n) is 2.61. The van der Waals surface area contributed by atoms with E-state index >= 15 is 0 Å². The van der Waals surface area contributed by atoms with Crippen LogP contribution in [-0.2, 0) is 0 Å². The number of rotatable bonds is 2. The smallest absolute Gasteiger partial charge is 0.0707 e. The van der Waals surface area contributed by atoms with Crippen LogP contribution in [-0.4, -0.2) is 11.2 Å². The van der Waals surface area contributed by atoms with Crippen LogP contribution in [0.2, 0.25) is 0 Å². The summed E-state index contributed by atoms with van der Waals surface area (Å²) in [5.74, 6) is 6.25. The second-order valence-electron chi connectivity index (χ2n) is 4.30. The predicted octanol–water partition coefficient (Wildman–Crippen LogP) is 3.50. The van der Waals surface area contributed by atoms with E-state index in [1.807, 2.05) is 60.7 Å². The lowest BCUT2D eigenvalue weighted by atomic mass is 10.0. The van der Waals surface area contributed by atoms with Gasteiger partial charge in [0.2, 0.25) is 0 Å². The van der Waals surface area contributed by atoms with Gasteiger partial charge in [-0.05, 0) is 30.7 Å². The molecule has 2 aromatic rings. The molecule has 0 saturated carbocycles. The average molecular weight is 248 g/mol. The second kappa shape index (κ2) is 6.58. The molecule has 0 aromatic heterocycles. The molecule has 0 saturated heterocycles. The number of aliphatic hydroxyl groups is 1. The van der Waals surface area contributed by atoms with Crippen molar-refractivity contribution in [1.82, 2.24) is 0 Å². The molecule has 94 valence electrons. The molecule has 0 radical (unpaired) electrons. The molecule has 2 aromatic carbocycles. The Balaban J connectivity index is 2.34. The third kappa shape index (κ3) is 4.13. The lowest BCUT2D eigenvalue weighted by Gasteiger charge is -2.02. The number of hydrogen-bond acceptors (Lipinski definition) is 1. The highest BCUT2D eigenvalue weighted by Gasteiger charge is 1.99. The Bertz CT molecular complexity index is 598. The zero-order chi connectivity index (χ0) is 13.5. The van der Waals surface area contributed by atoms with Crippen LogP contribution in [0.15, 0.2) is 66.7 Å². The molecular formula is C18H16O. The van der Waals surface area contributed by atoms with Gasteiger partial charge in [-0.2, -0.15) is 0 Å². The van der Waals surface area contributed by atoms with E-state index in [1.165, 1.54) is 0 Å². The lowest BCUT2D eigenvalue weighted by Crippen LogP contribution is -1.95. The third-order valence-corrected chi connectivity index (χ3v) is 2.61. The van der Waals surface area contributed by atoms with Crippen LogP contribution in [0.4, 0.5) is 0 Å². The van der Waals surface area contributed by atoms with Gasteiger partial charge in [0.05, 0.1) is 6.10 Å². The molecule has 2 rings (SSSR count). The minimum Gasteiger partial charge on any atom is -0.389 e. The molecule has 1 atom stereocenters. The van der Waals surface area contributed by atoms with E-state index in [2.05, 4.69) is 11.8 Å². The summed E-state index contributed by atoms with van der Waals surface area (Å²) in [4.78, 5) is 0. The Kier molecular flexibility index (Phi) is 4.55. The second-order valence-corrected chi connectivity index (χ2v) is 4.30. The van der Waals surface area contributed by atoms with Crippen LogP contribution < -0.4 is 0 Å². The fourth-order valence-electron chi connectivity index (χ4n) is 1.73. The SMILES string of the molecule is CC(O)/C=C(\C#Cc1ccccc1)c1ccccc1. The minimum atomic E-state index is -0.514. The Morgan fingerprint density at radius 2 is 1.58 bits per heavy atom. The largest absolute Gasteiger partial charge is 0.389 e. The van der Waals surface area contributed by atoms with Gasteiger partial charge >= 0.3 is 0 Å². The van der Waals surface area contributed by atoms with Crippen LogP contribution in [0.25, 0.3) is 5.57 Å². The average Bonchev–Trinajstić information content (AvgIpc) is 2.45. The first-order chi connectivity index (χ1) is 9.25. The van der Waals surface area contributed by atoms with Gasteiger partial charge in [0.1, 0.15) is 0 Å². The number of hydrogen-bond donors (Lipinski definition) is 1. The number of allylic oxidation sites excluding steroid dienone is 1. The summed E-state index contributed by atoms with van der Waals surface area (Å²) in [6.45, 7) is 1.73. The molecule has 1 heteroatoms. The zero-order valence-electron chi connectivity index (χ0n) is 10.9. The highest BCUT2D eigenvalue weighted by Crippen LogP contribution is 2.14. The van der Waals surface area contributed by atoms with Gasteiger partial charge in [0, 0.05) is 11.1 Å². The molecule has 0 aliphatic rings. The Morgan fingerprint density at radius 1 is 1.00 bits per heavy atom. The molecule has 0 heterocycles. The minimum absolute atomic E-state index is 0.514. The Hall–Kier alpha value is -2.30. The molecule has 0 aliphatic heterocycles. The van der Waals surface area contributed by atoms with Gasteiger partial charge in [0.25, 0.3) is 0 Å². The Morgan fingerprint density at radius 3 is 2.16 bits per heavy atom. The van der Waals surface area contributed by atoms with Gasteiger partial charge in [-0.25, -0.2) is 0 Å². The fraction of sp³-hybridized carbons (Fsp3) is 0.111. The van der Waals surface area contributed by atoms with E-state index in [9.17, 15) is 5.11 Å². The molecule has 0 bridgehead atoms. The van der Waals surface area contributed by atoms with Crippen molar-refractivity contribution < 1.29 is 5.11 Å². The van der Waals surface area contributed by atoms with Crippen LogP contribution in [0.1, 0.15) is 18.1 Å². The van der Waals surface area contributed by atoms with Crippen molar-refractivity contribution in [1.29, 1.82) is 0 Å². The topological polar surface area (TPSA) is 20.2 Å². The van der Waals surface area contributed by atoms with Crippen molar-refractivity contribution in [3.05, 3.63) is 77.9 Å². The molecule has 0 fully saturated rings. The van der Waals surface area contributed by atoms with E-state index in [1.54, 1.807) is 13.0 Å². The zero-order valence-corrected chi connectivity index (χ0v) is 10.9. The van der Waals surface area contributed by atoms with Crippen LogP contribution in [0.3, 0.4) is 0 Å². The molecule has 1 unspecified atom stereocenters. The molecule has 0 spiro atoms. The Labute approximate surface area is 114 Å². The summed E-state index contributed by atoms with van der Waals surface area (Å²) in [5.41, 5.74) is 2.83. The van der Waals surface area contributed by atoms with E-state index in [0.717, 1.165) is 16.7 Å². The van der Waals surface area contributed by atoms with Crippen molar-refractivity contribution in [3.63, 3.8) is 0 Å². The van der Waals surface area contributed by atoms with Crippen LogP contribution in [0.5, 0.6) is 0 Å². The monoisotopic (exact) mass is 248 g/mol. The summed E-state index contributed by atoms with van der Waals surface area (Å²) in [6, 6.07) is 19.7. The van der Waals surface area contributed by atoms with E-state index in [4.69, 9.17) is 0 Å². The van der Waals surface area contributed by atoms with Crippen molar-refractivity contribution in [2.75, 3.05) is 0 Å². The molecule has 0 amide bonds. The predicted molar refractivity (Wildman–Crippen MR) is 79.4 cm³/mol. The molecule has 1 N–H and O–H groups in total. The maximum atomic E-state index is 9.54. The summed E-state index contributed by atoms with van der Waals surface area (Å²) >= 11 is 0. The van der Waals surface area contributed by atoms with Crippen molar-refractivity contribution in [3.8, 4) is 11.8 Å². The van der Waals surface area contributed by atoms with Gasteiger partial charge in [-0.1, -0.05) is 60.4 Å². The summed E-state index contributed by atoms with van der Waals surface area (Å²) in [5, 5.41) is 9.54. The van der Waals surface area contributed by atoms with E-state index < -0.39 is 6.10 Å². The maximum Gasteiger partial charge on any atom is 0.0707 e.